The van der Waals surface area contributed by atoms with Gasteiger partial charge in [0.2, 0.25) is 0 Å². The molecule has 0 aliphatic carbocycles. The molecule has 0 spiro atoms. The topological polar surface area (TPSA) is 52.6 Å². The second kappa shape index (κ2) is 5.04. The number of cyclic esters (lactones) is 1. The molecule has 1 aromatic carbocycles. The second-order valence-corrected chi connectivity index (χ2v) is 4.07. The molecule has 4 nitrogen and oxygen atoms in total. The Bertz CT molecular complexity index is 466. The van der Waals surface area contributed by atoms with Crippen molar-refractivity contribution < 1.29 is 19.1 Å². The van der Waals surface area contributed by atoms with Crippen LogP contribution in [0.5, 0.6) is 0 Å². The summed E-state index contributed by atoms with van der Waals surface area (Å²) in [6.07, 6.45) is 1.04. The molecule has 0 N–H and O–H groups in total. The Morgan fingerprint density at radius 3 is 2.61 bits per heavy atom. The molecule has 1 aliphatic heterocycles. The number of ether oxygens (including phenoxy) is 2. The molecule has 0 bridgehead atoms. The van der Waals surface area contributed by atoms with Gasteiger partial charge in [-0.3, -0.25) is 9.59 Å². The maximum atomic E-state index is 11.8. The zero-order valence-corrected chi connectivity index (χ0v) is 10.0. The number of esters is 2. The summed E-state index contributed by atoms with van der Waals surface area (Å²) in [6.45, 7) is 3.64. The van der Waals surface area contributed by atoms with E-state index in [0.29, 0.717) is 0 Å². The number of benzene rings is 1. The molecule has 0 radical (unpaired) electrons. The van der Waals surface area contributed by atoms with Gasteiger partial charge in [0, 0.05) is 5.92 Å². The third-order valence-corrected chi connectivity index (χ3v) is 3.09. The highest BCUT2D eigenvalue weighted by atomic mass is 16.6. The highest BCUT2D eigenvalue weighted by molar-refractivity contribution is 5.98. The number of carbonyl (C=O) groups is 2. The number of rotatable bonds is 3. The monoisotopic (exact) mass is 246 g/mol. The van der Waals surface area contributed by atoms with Crippen molar-refractivity contribution in [2.45, 2.75) is 12.0 Å². The largest absolute Gasteiger partial charge is 0.468 e. The first-order valence-corrected chi connectivity index (χ1v) is 5.65. The van der Waals surface area contributed by atoms with Crippen LogP contribution in [0.1, 0.15) is 11.5 Å². The predicted molar refractivity (Wildman–Crippen MR) is 64.8 cm³/mol. The summed E-state index contributed by atoms with van der Waals surface area (Å²) in [6, 6.07) is 9.30. The van der Waals surface area contributed by atoms with E-state index in [9.17, 15) is 9.59 Å². The van der Waals surface area contributed by atoms with Gasteiger partial charge >= 0.3 is 11.9 Å². The molecule has 1 saturated heterocycles. The van der Waals surface area contributed by atoms with Crippen molar-refractivity contribution >= 4 is 11.9 Å². The van der Waals surface area contributed by atoms with Crippen molar-refractivity contribution in [3.8, 4) is 0 Å². The number of carbonyl (C=O) groups excluding carboxylic acids is 2. The van der Waals surface area contributed by atoms with Gasteiger partial charge in [-0.05, 0) is 5.56 Å². The van der Waals surface area contributed by atoms with Gasteiger partial charge in [0.15, 0.2) is 5.92 Å². The van der Waals surface area contributed by atoms with E-state index in [1.165, 1.54) is 7.11 Å². The molecule has 1 aliphatic rings. The number of hydrogen-bond acceptors (Lipinski definition) is 4. The Morgan fingerprint density at radius 2 is 2.06 bits per heavy atom. The molecule has 3 atom stereocenters. The lowest BCUT2D eigenvalue weighted by atomic mass is 9.84. The number of hydrogen-bond donors (Lipinski definition) is 0. The van der Waals surface area contributed by atoms with Gasteiger partial charge in [-0.2, -0.15) is 0 Å². The highest BCUT2D eigenvalue weighted by Gasteiger charge is 2.49. The third-order valence-electron chi connectivity index (χ3n) is 3.09. The maximum Gasteiger partial charge on any atom is 0.321 e. The summed E-state index contributed by atoms with van der Waals surface area (Å²) < 4.78 is 9.83. The molecule has 1 aromatic rings. The summed E-state index contributed by atoms with van der Waals surface area (Å²) in [7, 11) is 1.26. The molecule has 0 aromatic heterocycles. The van der Waals surface area contributed by atoms with Gasteiger partial charge in [0.1, 0.15) is 6.10 Å². The molecule has 94 valence electrons. The van der Waals surface area contributed by atoms with E-state index in [2.05, 4.69) is 11.3 Å². The molecule has 0 unspecified atom stereocenters. The van der Waals surface area contributed by atoms with E-state index in [-0.39, 0.29) is 5.92 Å². The van der Waals surface area contributed by atoms with Crippen LogP contribution in [0.25, 0.3) is 0 Å². The summed E-state index contributed by atoms with van der Waals surface area (Å²) in [4.78, 5) is 23.5. The van der Waals surface area contributed by atoms with Crippen molar-refractivity contribution in [1.82, 2.24) is 0 Å². The van der Waals surface area contributed by atoms with Crippen molar-refractivity contribution in [1.29, 1.82) is 0 Å². The summed E-state index contributed by atoms with van der Waals surface area (Å²) in [5.74, 6) is -2.41. The fourth-order valence-corrected chi connectivity index (χ4v) is 2.24. The molecule has 1 heterocycles. The van der Waals surface area contributed by atoms with Crippen LogP contribution in [0.15, 0.2) is 43.0 Å². The molecule has 18 heavy (non-hydrogen) atoms. The van der Waals surface area contributed by atoms with Crippen LogP contribution in [-0.4, -0.2) is 25.2 Å². The quantitative estimate of drug-likeness (QED) is 0.462. The average Bonchev–Trinajstić information content (AvgIpc) is 2.75. The lowest BCUT2D eigenvalue weighted by Crippen LogP contribution is -2.27. The minimum absolute atomic E-state index is 0.372. The maximum absolute atomic E-state index is 11.8. The van der Waals surface area contributed by atoms with Crippen molar-refractivity contribution in [2.24, 2.45) is 5.92 Å². The molecular formula is C14H14O4. The molecular weight excluding hydrogens is 232 g/mol. The zero-order chi connectivity index (χ0) is 13.1. The summed E-state index contributed by atoms with van der Waals surface area (Å²) in [5, 5.41) is 0. The van der Waals surface area contributed by atoms with Gasteiger partial charge in [-0.15, -0.1) is 0 Å². The minimum atomic E-state index is -0.916. The van der Waals surface area contributed by atoms with Crippen LogP contribution in [-0.2, 0) is 19.1 Å². The Labute approximate surface area is 105 Å². The van der Waals surface area contributed by atoms with Crippen molar-refractivity contribution in [2.75, 3.05) is 7.11 Å². The van der Waals surface area contributed by atoms with Gasteiger partial charge < -0.3 is 9.47 Å². The van der Waals surface area contributed by atoms with Crippen LogP contribution < -0.4 is 0 Å². The highest BCUT2D eigenvalue weighted by Crippen LogP contribution is 2.38. The minimum Gasteiger partial charge on any atom is -0.468 e. The van der Waals surface area contributed by atoms with Crippen LogP contribution in [0.2, 0.25) is 0 Å². The van der Waals surface area contributed by atoms with Gasteiger partial charge in [0.25, 0.3) is 0 Å². The standard InChI is InChI=1S/C14H14O4/c1-3-10-11(9-7-5-4-6-8-9)12(13(15)17-2)14(16)18-10/h3-8,10-12H,1H2,2H3/t10-,11-,12-/m0/s1. The van der Waals surface area contributed by atoms with E-state index in [0.717, 1.165) is 5.56 Å². The SMILES string of the molecule is C=C[C@@H]1OC(=O)[C@H](C(=O)OC)[C@H]1c1ccccc1. The zero-order valence-electron chi connectivity index (χ0n) is 10.0. The van der Waals surface area contributed by atoms with E-state index >= 15 is 0 Å². The van der Waals surface area contributed by atoms with Crippen LogP contribution in [0, 0.1) is 5.92 Å². The summed E-state index contributed by atoms with van der Waals surface area (Å²) >= 11 is 0. The fraction of sp³-hybridized carbons (Fsp3) is 0.286. The molecule has 0 amide bonds. The van der Waals surface area contributed by atoms with Crippen molar-refractivity contribution in [3.63, 3.8) is 0 Å². The molecule has 0 saturated carbocycles. The smallest absolute Gasteiger partial charge is 0.321 e. The first kappa shape index (κ1) is 12.4. The summed E-state index contributed by atoms with van der Waals surface area (Å²) in [5.41, 5.74) is 0.864. The van der Waals surface area contributed by atoms with Crippen LogP contribution in [0.4, 0.5) is 0 Å². The van der Waals surface area contributed by atoms with Crippen molar-refractivity contribution in [3.05, 3.63) is 48.6 Å². The first-order valence-electron chi connectivity index (χ1n) is 5.65. The third kappa shape index (κ3) is 2.01. The lowest BCUT2D eigenvalue weighted by molar-refractivity contribution is -0.154. The average molecular weight is 246 g/mol. The normalized spacial score (nSPS) is 26.5. The Kier molecular flexibility index (Phi) is 3.46. The lowest BCUT2D eigenvalue weighted by Gasteiger charge is -2.17. The Hall–Kier alpha value is -2.10. The van der Waals surface area contributed by atoms with Crippen LogP contribution in [0.3, 0.4) is 0 Å². The first-order chi connectivity index (χ1) is 8.69. The second-order valence-electron chi connectivity index (χ2n) is 4.07. The number of methoxy groups -OCH3 is 1. The van der Waals surface area contributed by atoms with Gasteiger partial charge in [-0.25, -0.2) is 0 Å². The molecule has 4 heteroatoms. The predicted octanol–water partition coefficient (Wildman–Crippen LogP) is 1.67. The van der Waals surface area contributed by atoms with Gasteiger partial charge in [-0.1, -0.05) is 43.0 Å². The van der Waals surface area contributed by atoms with Crippen LogP contribution >= 0.6 is 0 Å². The van der Waals surface area contributed by atoms with E-state index < -0.39 is 24.0 Å². The Morgan fingerprint density at radius 1 is 1.39 bits per heavy atom. The van der Waals surface area contributed by atoms with E-state index in [1.54, 1.807) is 6.08 Å². The van der Waals surface area contributed by atoms with E-state index in [1.807, 2.05) is 30.3 Å². The van der Waals surface area contributed by atoms with E-state index in [4.69, 9.17) is 4.74 Å². The van der Waals surface area contributed by atoms with Gasteiger partial charge in [0.05, 0.1) is 7.11 Å². The fourth-order valence-electron chi connectivity index (χ4n) is 2.24. The molecule has 2 rings (SSSR count). The molecule has 1 fully saturated rings. The Balaban J connectivity index is 2.41.